The van der Waals surface area contributed by atoms with Gasteiger partial charge in [-0.25, -0.2) is 22.0 Å². The third kappa shape index (κ3) is 5.28. The first-order valence-corrected chi connectivity index (χ1v) is 11.4. The van der Waals surface area contributed by atoms with E-state index in [-0.39, 0.29) is 27.0 Å². The van der Waals surface area contributed by atoms with Crippen molar-refractivity contribution in [1.82, 2.24) is 4.31 Å². The Morgan fingerprint density at radius 2 is 1.84 bits per heavy atom. The van der Waals surface area contributed by atoms with E-state index in [4.69, 9.17) is 16.3 Å². The largest absolute Gasteiger partial charge is 0.454 e. The van der Waals surface area contributed by atoms with Gasteiger partial charge in [-0.2, -0.15) is 4.31 Å². The van der Waals surface area contributed by atoms with Crippen LogP contribution in [0.4, 0.5) is 8.78 Å². The molecule has 0 N–H and O–H groups in total. The number of hydrogen-bond acceptors (Lipinski definition) is 5. The second-order valence-electron chi connectivity index (χ2n) is 7.38. The van der Waals surface area contributed by atoms with E-state index >= 15 is 0 Å². The van der Waals surface area contributed by atoms with Crippen LogP contribution in [-0.4, -0.2) is 44.2 Å². The molecule has 2 aromatic rings. The average molecular weight is 472 g/mol. The first-order chi connectivity index (χ1) is 14.6. The zero-order chi connectivity index (χ0) is 22.8. The molecule has 0 aliphatic carbocycles. The fourth-order valence-corrected chi connectivity index (χ4v) is 5.40. The number of ether oxygens (including phenoxy) is 1. The van der Waals surface area contributed by atoms with Crippen molar-refractivity contribution in [1.29, 1.82) is 0 Å². The number of carbonyl (C=O) groups excluding carboxylic acids is 2. The number of piperidine rings is 1. The van der Waals surface area contributed by atoms with E-state index in [2.05, 4.69) is 0 Å². The van der Waals surface area contributed by atoms with Crippen LogP contribution in [0.25, 0.3) is 0 Å². The van der Waals surface area contributed by atoms with Crippen molar-refractivity contribution in [2.24, 2.45) is 5.92 Å². The maximum Gasteiger partial charge on any atom is 0.338 e. The number of sulfonamides is 1. The summed E-state index contributed by atoms with van der Waals surface area (Å²) in [5.74, 6) is -3.78. The molecule has 1 heterocycles. The van der Waals surface area contributed by atoms with Crippen molar-refractivity contribution in [3.05, 3.63) is 64.2 Å². The van der Waals surface area contributed by atoms with Crippen molar-refractivity contribution < 1.29 is 31.5 Å². The molecule has 0 spiro atoms. The van der Waals surface area contributed by atoms with Gasteiger partial charge in [0.05, 0.1) is 10.6 Å². The highest BCUT2D eigenvalue weighted by Crippen LogP contribution is 2.29. The minimum atomic E-state index is -3.92. The van der Waals surface area contributed by atoms with Crippen LogP contribution >= 0.6 is 11.6 Å². The van der Waals surface area contributed by atoms with Crippen molar-refractivity contribution in [2.75, 3.05) is 19.7 Å². The second kappa shape index (κ2) is 9.42. The van der Waals surface area contributed by atoms with Gasteiger partial charge in [0.15, 0.2) is 24.0 Å². The summed E-state index contributed by atoms with van der Waals surface area (Å²) in [7, 11) is -3.92. The van der Waals surface area contributed by atoms with Crippen molar-refractivity contribution in [3.63, 3.8) is 0 Å². The zero-order valence-electron chi connectivity index (χ0n) is 16.6. The van der Waals surface area contributed by atoms with Gasteiger partial charge < -0.3 is 4.74 Å². The minimum absolute atomic E-state index is 0.0346. The summed E-state index contributed by atoms with van der Waals surface area (Å²) < 4.78 is 58.5. The van der Waals surface area contributed by atoms with Gasteiger partial charge in [-0.1, -0.05) is 18.5 Å². The molecular formula is C21H20ClF2NO5S. The monoisotopic (exact) mass is 471 g/mol. The molecule has 0 bridgehead atoms. The SMILES string of the molecule is CC1CCCN(S(=O)(=O)c2cc(C(=O)OCC(=O)c3ccc(F)c(F)c3)ccc2Cl)C1. The molecular weight excluding hydrogens is 452 g/mol. The van der Waals surface area contributed by atoms with Gasteiger partial charge in [0, 0.05) is 18.7 Å². The van der Waals surface area contributed by atoms with Gasteiger partial charge >= 0.3 is 5.97 Å². The van der Waals surface area contributed by atoms with Crippen LogP contribution in [0.15, 0.2) is 41.3 Å². The molecule has 1 unspecified atom stereocenters. The normalized spacial score (nSPS) is 17.4. The quantitative estimate of drug-likeness (QED) is 0.468. The Kier molecular flexibility index (Phi) is 7.08. The van der Waals surface area contributed by atoms with Gasteiger partial charge in [0.1, 0.15) is 4.90 Å². The Bertz CT molecular complexity index is 1120. The van der Waals surface area contributed by atoms with Gasteiger partial charge in [0.2, 0.25) is 10.0 Å². The number of hydrogen-bond donors (Lipinski definition) is 0. The Labute approximate surface area is 183 Å². The van der Waals surface area contributed by atoms with Crippen LogP contribution in [0, 0.1) is 17.6 Å². The van der Waals surface area contributed by atoms with Crippen LogP contribution in [0.5, 0.6) is 0 Å². The molecule has 0 radical (unpaired) electrons. The van der Waals surface area contributed by atoms with Crippen molar-refractivity contribution >= 4 is 33.4 Å². The van der Waals surface area contributed by atoms with Crippen molar-refractivity contribution in [3.8, 4) is 0 Å². The zero-order valence-corrected chi connectivity index (χ0v) is 18.2. The highest BCUT2D eigenvalue weighted by atomic mass is 35.5. The maximum absolute atomic E-state index is 13.3. The highest BCUT2D eigenvalue weighted by Gasteiger charge is 2.31. The number of nitrogens with zero attached hydrogens (tertiary/aromatic N) is 1. The van der Waals surface area contributed by atoms with E-state index in [1.165, 1.54) is 16.4 Å². The van der Waals surface area contributed by atoms with Gasteiger partial charge in [0.25, 0.3) is 0 Å². The molecule has 3 rings (SSSR count). The predicted molar refractivity (Wildman–Crippen MR) is 110 cm³/mol. The fourth-order valence-electron chi connectivity index (χ4n) is 3.30. The Balaban J connectivity index is 1.75. The van der Waals surface area contributed by atoms with Crippen LogP contribution in [0.2, 0.25) is 5.02 Å². The maximum atomic E-state index is 13.3. The molecule has 10 heteroatoms. The first-order valence-electron chi connectivity index (χ1n) is 9.54. The molecule has 0 aromatic heterocycles. The lowest BCUT2D eigenvalue weighted by molar-refractivity contribution is 0.0474. The summed E-state index contributed by atoms with van der Waals surface area (Å²) >= 11 is 6.10. The third-order valence-electron chi connectivity index (χ3n) is 4.98. The molecule has 0 amide bonds. The number of benzene rings is 2. The van der Waals surface area contributed by atoms with E-state index in [1.807, 2.05) is 6.92 Å². The lowest BCUT2D eigenvalue weighted by Crippen LogP contribution is -2.39. The number of esters is 1. The van der Waals surface area contributed by atoms with E-state index in [0.29, 0.717) is 19.2 Å². The van der Waals surface area contributed by atoms with Crippen molar-refractivity contribution in [2.45, 2.75) is 24.7 Å². The minimum Gasteiger partial charge on any atom is -0.454 e. The number of Topliss-reactive ketones (excluding diaryl/α,β-unsaturated/α-hetero) is 1. The first kappa shape index (κ1) is 23.3. The summed E-state index contributed by atoms with van der Waals surface area (Å²) in [6.07, 6.45) is 1.66. The Hall–Kier alpha value is -2.36. The second-order valence-corrected chi connectivity index (χ2v) is 9.70. The van der Waals surface area contributed by atoms with Crippen LogP contribution < -0.4 is 0 Å². The molecule has 0 saturated carbocycles. The number of ketones is 1. The number of carbonyl (C=O) groups is 2. The summed E-state index contributed by atoms with van der Waals surface area (Å²) in [6.45, 7) is 1.95. The topological polar surface area (TPSA) is 80.8 Å². The Morgan fingerprint density at radius 1 is 1.13 bits per heavy atom. The number of halogens is 3. The lowest BCUT2D eigenvalue weighted by Gasteiger charge is -2.30. The lowest BCUT2D eigenvalue weighted by atomic mass is 10.0. The van der Waals surface area contributed by atoms with E-state index < -0.39 is 40.0 Å². The summed E-state index contributed by atoms with van der Waals surface area (Å²) in [6, 6.07) is 6.24. The summed E-state index contributed by atoms with van der Waals surface area (Å²) in [4.78, 5) is 24.2. The molecule has 1 aliphatic rings. The average Bonchev–Trinajstić information content (AvgIpc) is 2.74. The van der Waals surface area contributed by atoms with E-state index in [1.54, 1.807) is 0 Å². The van der Waals surface area contributed by atoms with Crippen LogP contribution in [0.3, 0.4) is 0 Å². The van der Waals surface area contributed by atoms with E-state index in [9.17, 15) is 26.8 Å². The van der Waals surface area contributed by atoms with Crippen LogP contribution in [0.1, 0.15) is 40.5 Å². The molecule has 1 aliphatic heterocycles. The molecule has 1 saturated heterocycles. The number of rotatable bonds is 6. The molecule has 6 nitrogen and oxygen atoms in total. The van der Waals surface area contributed by atoms with Crippen LogP contribution in [-0.2, 0) is 14.8 Å². The molecule has 1 atom stereocenters. The molecule has 166 valence electrons. The third-order valence-corrected chi connectivity index (χ3v) is 7.33. The smallest absolute Gasteiger partial charge is 0.338 e. The Morgan fingerprint density at radius 3 is 2.52 bits per heavy atom. The highest BCUT2D eigenvalue weighted by molar-refractivity contribution is 7.89. The summed E-state index contributed by atoms with van der Waals surface area (Å²) in [5, 5.41) is -0.0346. The standard InChI is InChI=1S/C21H20ClF2NO5S/c1-13-3-2-8-25(11-13)31(28,29)20-10-15(4-6-16(20)22)21(27)30-12-19(26)14-5-7-17(23)18(24)9-14/h4-7,9-10,13H,2-3,8,11-12H2,1H3. The molecule has 2 aromatic carbocycles. The predicted octanol–water partition coefficient (Wildman–Crippen LogP) is 4.08. The van der Waals surface area contributed by atoms with E-state index in [0.717, 1.165) is 31.0 Å². The van der Waals surface area contributed by atoms with Gasteiger partial charge in [-0.3, -0.25) is 4.79 Å². The van der Waals surface area contributed by atoms with Gasteiger partial charge in [-0.15, -0.1) is 0 Å². The molecule has 31 heavy (non-hydrogen) atoms. The fraction of sp³-hybridized carbons (Fsp3) is 0.333. The molecule has 1 fully saturated rings. The summed E-state index contributed by atoms with van der Waals surface area (Å²) in [5.41, 5.74) is -0.267. The van der Waals surface area contributed by atoms with Gasteiger partial charge in [-0.05, 0) is 55.2 Å².